The molecule has 0 aromatic heterocycles. The molecular formula is C21H25NO3. The lowest BCUT2D eigenvalue weighted by Gasteiger charge is -2.17. The van der Waals surface area contributed by atoms with E-state index in [1.165, 1.54) is 0 Å². The van der Waals surface area contributed by atoms with Crippen molar-refractivity contribution >= 4 is 5.91 Å². The van der Waals surface area contributed by atoms with Crippen LogP contribution in [0.15, 0.2) is 66.2 Å². The highest BCUT2D eigenvalue weighted by molar-refractivity contribution is 5.88. The summed E-state index contributed by atoms with van der Waals surface area (Å²) in [7, 11) is 1.64. The Balaban J connectivity index is 2.04. The van der Waals surface area contributed by atoms with E-state index in [9.17, 15) is 9.90 Å². The monoisotopic (exact) mass is 339 g/mol. The molecule has 0 aliphatic rings. The van der Waals surface area contributed by atoms with Crippen molar-refractivity contribution in [2.75, 3.05) is 13.7 Å². The second-order valence-corrected chi connectivity index (χ2v) is 5.96. The minimum absolute atomic E-state index is 0.0176. The number of aliphatic hydroxyl groups excluding tert-OH is 1. The molecule has 132 valence electrons. The van der Waals surface area contributed by atoms with Crippen molar-refractivity contribution in [3.8, 4) is 5.75 Å². The fraction of sp³-hybridized carbons (Fsp3) is 0.286. The normalized spacial score (nSPS) is 12.5. The van der Waals surface area contributed by atoms with Crippen LogP contribution < -0.4 is 10.1 Å². The van der Waals surface area contributed by atoms with E-state index >= 15 is 0 Å². The number of aliphatic hydroxyl groups is 1. The molecule has 1 unspecified atom stereocenters. The smallest absolute Gasteiger partial charge is 0.244 e. The van der Waals surface area contributed by atoms with E-state index in [1.54, 1.807) is 13.2 Å². The lowest BCUT2D eigenvalue weighted by molar-refractivity contribution is -0.117. The van der Waals surface area contributed by atoms with Crippen LogP contribution in [0.4, 0.5) is 0 Å². The quantitative estimate of drug-likeness (QED) is 0.725. The Morgan fingerprint density at radius 1 is 1.16 bits per heavy atom. The highest BCUT2D eigenvalue weighted by Crippen LogP contribution is 2.21. The number of methoxy groups -OCH3 is 1. The summed E-state index contributed by atoms with van der Waals surface area (Å²) in [5.74, 6) is 0.660. The van der Waals surface area contributed by atoms with E-state index in [0.717, 1.165) is 22.4 Å². The number of para-hydroxylation sites is 1. The lowest BCUT2D eigenvalue weighted by Crippen LogP contribution is -2.28. The number of ether oxygens (including phenoxy) is 1. The van der Waals surface area contributed by atoms with Gasteiger partial charge in [-0.3, -0.25) is 4.79 Å². The van der Waals surface area contributed by atoms with Gasteiger partial charge in [0.15, 0.2) is 0 Å². The predicted octanol–water partition coefficient (Wildman–Crippen LogP) is 3.42. The van der Waals surface area contributed by atoms with Crippen LogP contribution in [0.25, 0.3) is 0 Å². The fourth-order valence-electron chi connectivity index (χ4n) is 2.77. The molecule has 0 radical (unpaired) electrons. The Kier molecular flexibility index (Phi) is 7.23. The van der Waals surface area contributed by atoms with Crippen molar-refractivity contribution in [3.05, 3.63) is 77.4 Å². The van der Waals surface area contributed by atoms with Gasteiger partial charge in [-0.2, -0.15) is 0 Å². The topological polar surface area (TPSA) is 58.6 Å². The predicted molar refractivity (Wildman–Crippen MR) is 99.5 cm³/mol. The molecule has 2 aromatic carbocycles. The molecule has 1 atom stereocenters. The van der Waals surface area contributed by atoms with Crippen LogP contribution in [0.2, 0.25) is 0 Å². The minimum Gasteiger partial charge on any atom is -0.496 e. The zero-order chi connectivity index (χ0) is 18.1. The van der Waals surface area contributed by atoms with E-state index in [0.29, 0.717) is 12.8 Å². The maximum absolute atomic E-state index is 12.4. The van der Waals surface area contributed by atoms with Gasteiger partial charge in [-0.05, 0) is 37.0 Å². The summed E-state index contributed by atoms with van der Waals surface area (Å²) in [4.78, 5) is 12.4. The van der Waals surface area contributed by atoms with Gasteiger partial charge in [-0.1, -0.05) is 54.1 Å². The van der Waals surface area contributed by atoms with Gasteiger partial charge in [-0.25, -0.2) is 0 Å². The van der Waals surface area contributed by atoms with Crippen molar-refractivity contribution in [2.24, 2.45) is 0 Å². The van der Waals surface area contributed by atoms with Crippen LogP contribution in [-0.4, -0.2) is 24.7 Å². The molecule has 1 amide bonds. The summed E-state index contributed by atoms with van der Waals surface area (Å²) in [5.41, 5.74) is 2.97. The van der Waals surface area contributed by atoms with Crippen LogP contribution in [0.5, 0.6) is 5.75 Å². The zero-order valence-corrected chi connectivity index (χ0v) is 14.7. The van der Waals surface area contributed by atoms with Gasteiger partial charge in [-0.15, -0.1) is 0 Å². The number of carbonyl (C=O) groups is 1. The standard InChI is InChI=1S/C21H25NO3/c1-16(14-18-10-6-7-11-20(18)25-2)15-21(24)22-19(12-13-23)17-8-4-3-5-9-17/h3-11,15,19,23H,12-14H2,1-2H3,(H,22,24)/b16-15+. The van der Waals surface area contributed by atoms with Crippen LogP contribution in [-0.2, 0) is 11.2 Å². The van der Waals surface area contributed by atoms with Crippen molar-refractivity contribution in [3.63, 3.8) is 0 Å². The van der Waals surface area contributed by atoms with Crippen LogP contribution in [0, 0.1) is 0 Å². The maximum Gasteiger partial charge on any atom is 0.244 e. The maximum atomic E-state index is 12.4. The second-order valence-electron chi connectivity index (χ2n) is 5.96. The Morgan fingerprint density at radius 3 is 2.52 bits per heavy atom. The van der Waals surface area contributed by atoms with Crippen molar-refractivity contribution < 1.29 is 14.6 Å². The van der Waals surface area contributed by atoms with Crippen molar-refractivity contribution in [1.29, 1.82) is 0 Å². The van der Waals surface area contributed by atoms with Crippen LogP contribution in [0.1, 0.15) is 30.5 Å². The lowest BCUT2D eigenvalue weighted by atomic mass is 10.0. The summed E-state index contributed by atoms with van der Waals surface area (Å²) in [6.45, 7) is 1.94. The highest BCUT2D eigenvalue weighted by atomic mass is 16.5. The highest BCUT2D eigenvalue weighted by Gasteiger charge is 2.13. The zero-order valence-electron chi connectivity index (χ0n) is 14.7. The molecule has 4 nitrogen and oxygen atoms in total. The Labute approximate surface area is 149 Å². The number of amides is 1. The van der Waals surface area contributed by atoms with Gasteiger partial charge in [0, 0.05) is 12.7 Å². The third-order valence-corrected chi connectivity index (χ3v) is 3.98. The van der Waals surface area contributed by atoms with E-state index in [-0.39, 0.29) is 18.6 Å². The SMILES string of the molecule is COc1ccccc1C/C(C)=C/C(=O)NC(CCO)c1ccccc1. The number of nitrogens with one attached hydrogen (secondary N) is 1. The van der Waals surface area contributed by atoms with E-state index in [1.807, 2.05) is 61.5 Å². The van der Waals surface area contributed by atoms with Gasteiger partial charge >= 0.3 is 0 Å². The van der Waals surface area contributed by atoms with Crippen molar-refractivity contribution in [2.45, 2.75) is 25.8 Å². The second kappa shape index (κ2) is 9.64. The number of hydrogen-bond donors (Lipinski definition) is 2. The number of benzene rings is 2. The largest absolute Gasteiger partial charge is 0.496 e. The first-order chi connectivity index (χ1) is 12.1. The molecular weight excluding hydrogens is 314 g/mol. The van der Waals surface area contributed by atoms with Crippen LogP contribution >= 0.6 is 0 Å². The minimum atomic E-state index is -0.200. The first-order valence-corrected chi connectivity index (χ1v) is 8.39. The summed E-state index contributed by atoms with van der Waals surface area (Å²) in [5, 5.41) is 12.2. The molecule has 2 N–H and O–H groups in total. The average molecular weight is 339 g/mol. The Hall–Kier alpha value is -2.59. The van der Waals surface area contributed by atoms with Gasteiger partial charge in [0.05, 0.1) is 13.2 Å². The summed E-state index contributed by atoms with van der Waals surface area (Å²) in [6.07, 6.45) is 2.74. The Bertz CT molecular complexity index is 710. The summed E-state index contributed by atoms with van der Waals surface area (Å²) < 4.78 is 5.35. The Morgan fingerprint density at radius 2 is 1.84 bits per heavy atom. The third kappa shape index (κ3) is 5.76. The van der Waals surface area contributed by atoms with E-state index < -0.39 is 0 Å². The first kappa shape index (κ1) is 18.7. The number of carbonyl (C=O) groups excluding carboxylic acids is 1. The van der Waals surface area contributed by atoms with Gasteiger partial charge < -0.3 is 15.2 Å². The number of allylic oxidation sites excluding steroid dienone is 1. The van der Waals surface area contributed by atoms with Gasteiger partial charge in [0.25, 0.3) is 0 Å². The number of hydrogen-bond acceptors (Lipinski definition) is 3. The molecule has 0 fully saturated rings. The van der Waals surface area contributed by atoms with Gasteiger partial charge in [0.1, 0.15) is 5.75 Å². The van der Waals surface area contributed by atoms with Crippen LogP contribution in [0.3, 0.4) is 0 Å². The molecule has 0 saturated heterocycles. The molecule has 2 rings (SSSR count). The molecule has 0 bridgehead atoms. The molecule has 0 saturated carbocycles. The average Bonchev–Trinajstić information content (AvgIpc) is 2.62. The van der Waals surface area contributed by atoms with E-state index in [2.05, 4.69) is 5.32 Å². The first-order valence-electron chi connectivity index (χ1n) is 8.39. The summed E-state index contributed by atoms with van der Waals surface area (Å²) in [6, 6.07) is 17.3. The molecule has 0 aliphatic heterocycles. The molecule has 2 aromatic rings. The molecule has 0 heterocycles. The fourth-order valence-corrected chi connectivity index (χ4v) is 2.77. The number of rotatable bonds is 8. The third-order valence-electron chi connectivity index (χ3n) is 3.98. The van der Waals surface area contributed by atoms with E-state index in [4.69, 9.17) is 4.74 Å². The van der Waals surface area contributed by atoms with Gasteiger partial charge in [0.2, 0.25) is 5.91 Å². The molecule has 0 spiro atoms. The summed E-state index contributed by atoms with van der Waals surface area (Å²) >= 11 is 0. The molecule has 4 heteroatoms. The molecule has 0 aliphatic carbocycles. The molecule has 25 heavy (non-hydrogen) atoms. The van der Waals surface area contributed by atoms with Crippen molar-refractivity contribution in [1.82, 2.24) is 5.32 Å².